The van der Waals surface area contributed by atoms with Crippen molar-refractivity contribution in [2.45, 2.75) is 18.9 Å². The summed E-state index contributed by atoms with van der Waals surface area (Å²) in [5, 5.41) is 9.91. The monoisotopic (exact) mass is 309 g/mol. The number of imide groups is 1. The minimum absolute atomic E-state index is 0.0812. The molecule has 116 valence electrons. The van der Waals surface area contributed by atoms with Crippen LogP contribution in [-0.2, 0) is 10.3 Å². The molecule has 2 amide bonds. The zero-order valence-electron chi connectivity index (χ0n) is 12.5. The molecule has 2 aromatic rings. The molecule has 1 heterocycles. The van der Waals surface area contributed by atoms with E-state index in [2.05, 4.69) is 0 Å². The summed E-state index contributed by atoms with van der Waals surface area (Å²) in [6.45, 7) is 1.66. The van der Waals surface area contributed by atoms with E-state index in [0.717, 1.165) is 4.90 Å². The lowest BCUT2D eigenvalue weighted by molar-refractivity contribution is -0.149. The Bertz CT molecular complexity index is 765. The van der Waals surface area contributed by atoms with E-state index < -0.39 is 23.3 Å². The number of benzene rings is 2. The summed E-state index contributed by atoms with van der Waals surface area (Å²) in [7, 11) is 0. The number of carboxylic acids is 1. The Morgan fingerprint density at radius 3 is 1.87 bits per heavy atom. The number of hydrogen-bond donors (Lipinski definition) is 1. The molecule has 23 heavy (non-hydrogen) atoms. The smallest absolute Gasteiger partial charge is 0.334 e. The molecule has 0 unspecified atom stereocenters. The van der Waals surface area contributed by atoms with E-state index in [-0.39, 0.29) is 17.5 Å². The van der Waals surface area contributed by atoms with Crippen LogP contribution in [0.15, 0.2) is 54.6 Å². The van der Waals surface area contributed by atoms with Gasteiger partial charge in [-0.05, 0) is 24.1 Å². The minimum atomic E-state index is -1.71. The zero-order chi connectivity index (χ0) is 16.6. The first-order valence-corrected chi connectivity index (χ1v) is 7.31. The van der Waals surface area contributed by atoms with E-state index >= 15 is 0 Å². The summed E-state index contributed by atoms with van der Waals surface area (Å²) >= 11 is 0. The Morgan fingerprint density at radius 2 is 1.43 bits per heavy atom. The topological polar surface area (TPSA) is 74.7 Å². The Hall–Kier alpha value is -2.95. The highest BCUT2D eigenvalue weighted by Crippen LogP contribution is 2.38. The van der Waals surface area contributed by atoms with E-state index in [1.54, 1.807) is 61.5 Å². The number of carbonyl (C=O) groups is 3. The largest absolute Gasteiger partial charge is 0.479 e. The summed E-state index contributed by atoms with van der Waals surface area (Å²) in [6.07, 6.45) is 0.0812. The first-order chi connectivity index (χ1) is 11.0. The standard InChI is InChI=1S/C18H15NO4/c1-2-18(17(22)23,12-8-4-3-5-9-12)19-15(20)13-10-6-7-11-14(13)16(19)21/h3-11H,2H2,1H3,(H,22,23)/t18-/m0/s1. The molecule has 0 spiro atoms. The van der Waals surface area contributed by atoms with Crippen LogP contribution in [0.1, 0.15) is 39.6 Å². The maximum Gasteiger partial charge on any atom is 0.334 e. The number of amides is 2. The van der Waals surface area contributed by atoms with E-state index in [9.17, 15) is 19.5 Å². The third-order valence-electron chi connectivity index (χ3n) is 4.29. The van der Waals surface area contributed by atoms with Crippen molar-refractivity contribution in [3.63, 3.8) is 0 Å². The van der Waals surface area contributed by atoms with Gasteiger partial charge in [-0.25, -0.2) is 4.79 Å². The average Bonchev–Trinajstić information content (AvgIpc) is 2.83. The normalized spacial score (nSPS) is 16.1. The lowest BCUT2D eigenvalue weighted by atomic mass is 9.85. The molecular formula is C18H15NO4. The average molecular weight is 309 g/mol. The predicted octanol–water partition coefficient (Wildman–Crippen LogP) is 2.67. The predicted molar refractivity (Wildman–Crippen MR) is 83.0 cm³/mol. The fourth-order valence-electron chi connectivity index (χ4n) is 3.11. The van der Waals surface area contributed by atoms with Gasteiger partial charge in [-0.2, -0.15) is 0 Å². The van der Waals surface area contributed by atoms with Gasteiger partial charge in [-0.15, -0.1) is 0 Å². The molecule has 1 aliphatic heterocycles. The molecule has 0 fully saturated rings. The number of fused-ring (bicyclic) bond motifs is 1. The van der Waals surface area contributed by atoms with Gasteiger partial charge in [0.2, 0.25) is 0 Å². The number of aliphatic carboxylic acids is 1. The van der Waals surface area contributed by atoms with Gasteiger partial charge < -0.3 is 5.11 Å². The summed E-state index contributed by atoms with van der Waals surface area (Å²) in [5.41, 5.74) is -0.821. The highest BCUT2D eigenvalue weighted by molar-refractivity contribution is 6.23. The second-order valence-corrected chi connectivity index (χ2v) is 5.38. The number of hydrogen-bond acceptors (Lipinski definition) is 3. The van der Waals surface area contributed by atoms with Gasteiger partial charge >= 0.3 is 5.97 Å². The number of nitrogens with zero attached hydrogens (tertiary/aromatic N) is 1. The van der Waals surface area contributed by atoms with Gasteiger partial charge in [0.15, 0.2) is 5.54 Å². The first kappa shape index (κ1) is 15.0. The van der Waals surface area contributed by atoms with E-state index in [4.69, 9.17) is 0 Å². The lowest BCUT2D eigenvalue weighted by Crippen LogP contribution is -2.54. The van der Waals surface area contributed by atoms with Crippen molar-refractivity contribution < 1.29 is 19.5 Å². The molecule has 0 saturated heterocycles. The molecule has 5 nitrogen and oxygen atoms in total. The molecule has 1 aliphatic rings. The van der Waals surface area contributed by atoms with Crippen LogP contribution >= 0.6 is 0 Å². The Labute approximate surface area is 133 Å². The van der Waals surface area contributed by atoms with Gasteiger partial charge in [0, 0.05) is 0 Å². The summed E-state index contributed by atoms with van der Waals surface area (Å²) in [5.74, 6) is -2.36. The van der Waals surface area contributed by atoms with E-state index in [0.29, 0.717) is 5.56 Å². The van der Waals surface area contributed by atoms with Crippen molar-refractivity contribution in [2.24, 2.45) is 0 Å². The van der Waals surface area contributed by atoms with Crippen LogP contribution in [0.4, 0.5) is 0 Å². The van der Waals surface area contributed by atoms with Crippen molar-refractivity contribution in [1.29, 1.82) is 0 Å². The number of carboxylic acid groups (broad SMARTS) is 1. The molecule has 0 saturated carbocycles. The van der Waals surface area contributed by atoms with Gasteiger partial charge in [0.25, 0.3) is 11.8 Å². The third-order valence-corrected chi connectivity index (χ3v) is 4.29. The zero-order valence-corrected chi connectivity index (χ0v) is 12.5. The third kappa shape index (κ3) is 1.97. The van der Waals surface area contributed by atoms with Crippen molar-refractivity contribution in [1.82, 2.24) is 4.90 Å². The molecule has 0 aliphatic carbocycles. The SMILES string of the molecule is CC[C@@](C(=O)O)(c1ccccc1)N1C(=O)c2ccccc2C1=O. The van der Waals surface area contributed by atoms with E-state index in [1.807, 2.05) is 0 Å². The number of rotatable bonds is 4. The molecule has 5 heteroatoms. The molecule has 1 atom stereocenters. The van der Waals surface area contributed by atoms with Gasteiger partial charge in [-0.3, -0.25) is 14.5 Å². The highest BCUT2D eigenvalue weighted by Gasteiger charge is 2.53. The van der Waals surface area contributed by atoms with Crippen molar-refractivity contribution in [3.05, 3.63) is 71.3 Å². The van der Waals surface area contributed by atoms with Gasteiger partial charge in [0.05, 0.1) is 11.1 Å². The molecule has 1 N–H and O–H groups in total. The Morgan fingerprint density at radius 1 is 0.957 bits per heavy atom. The molecule has 0 aromatic heterocycles. The molecule has 3 rings (SSSR count). The van der Waals surface area contributed by atoms with Gasteiger partial charge in [-0.1, -0.05) is 49.4 Å². The summed E-state index contributed by atoms with van der Waals surface area (Å²) < 4.78 is 0. The maximum absolute atomic E-state index is 12.7. The van der Waals surface area contributed by atoms with Crippen LogP contribution in [0.3, 0.4) is 0 Å². The van der Waals surface area contributed by atoms with Crippen LogP contribution in [0.5, 0.6) is 0 Å². The molecule has 2 aromatic carbocycles. The second-order valence-electron chi connectivity index (χ2n) is 5.38. The Kier molecular flexibility index (Phi) is 3.48. The van der Waals surface area contributed by atoms with Crippen molar-refractivity contribution >= 4 is 17.8 Å². The van der Waals surface area contributed by atoms with E-state index in [1.165, 1.54) is 0 Å². The quantitative estimate of drug-likeness (QED) is 0.881. The minimum Gasteiger partial charge on any atom is -0.479 e. The maximum atomic E-state index is 12.7. The lowest BCUT2D eigenvalue weighted by Gasteiger charge is -2.36. The summed E-state index contributed by atoms with van der Waals surface area (Å²) in [4.78, 5) is 38.5. The fraction of sp³-hybridized carbons (Fsp3) is 0.167. The fourth-order valence-corrected chi connectivity index (χ4v) is 3.11. The first-order valence-electron chi connectivity index (χ1n) is 7.31. The van der Waals surface area contributed by atoms with Crippen LogP contribution in [0.25, 0.3) is 0 Å². The Balaban J connectivity index is 2.23. The van der Waals surface area contributed by atoms with Crippen molar-refractivity contribution in [3.8, 4) is 0 Å². The molecule has 0 bridgehead atoms. The van der Waals surface area contributed by atoms with Crippen LogP contribution in [0, 0.1) is 0 Å². The molecule has 0 radical (unpaired) electrons. The van der Waals surface area contributed by atoms with Gasteiger partial charge in [0.1, 0.15) is 0 Å². The van der Waals surface area contributed by atoms with Crippen molar-refractivity contribution in [2.75, 3.05) is 0 Å². The number of carbonyl (C=O) groups excluding carboxylic acids is 2. The van der Waals surface area contributed by atoms with Crippen LogP contribution < -0.4 is 0 Å². The summed E-state index contributed by atoms with van der Waals surface area (Å²) in [6, 6.07) is 14.8. The molecular weight excluding hydrogens is 294 g/mol. The second kappa shape index (κ2) is 5.35. The highest BCUT2D eigenvalue weighted by atomic mass is 16.4. The van der Waals surface area contributed by atoms with Crippen LogP contribution in [-0.4, -0.2) is 27.8 Å². The van der Waals surface area contributed by atoms with Crippen LogP contribution in [0.2, 0.25) is 0 Å².